The van der Waals surface area contributed by atoms with E-state index < -0.39 is 0 Å². The van der Waals surface area contributed by atoms with Gasteiger partial charge in [0.25, 0.3) is 0 Å². The summed E-state index contributed by atoms with van der Waals surface area (Å²) in [5.41, 5.74) is 1.05. The Hall–Kier alpha value is -1.05. The summed E-state index contributed by atoms with van der Waals surface area (Å²) in [6.45, 7) is 4.16. The Balaban J connectivity index is 1.84. The Morgan fingerprint density at radius 3 is 2.95 bits per heavy atom. The molecule has 0 saturated carbocycles. The van der Waals surface area contributed by atoms with Crippen molar-refractivity contribution in [2.45, 2.75) is 12.3 Å². The van der Waals surface area contributed by atoms with Crippen molar-refractivity contribution in [3.8, 4) is 0 Å². The summed E-state index contributed by atoms with van der Waals surface area (Å²) >= 11 is 1.99. The van der Waals surface area contributed by atoms with Crippen molar-refractivity contribution in [3.05, 3.63) is 11.8 Å². The van der Waals surface area contributed by atoms with Gasteiger partial charge in [-0.15, -0.1) is 0 Å². The Morgan fingerprint density at radius 2 is 2.24 bits per heavy atom. The highest BCUT2D eigenvalue weighted by Gasteiger charge is 2.22. The van der Waals surface area contributed by atoms with Crippen LogP contribution in [0.2, 0.25) is 0 Å². The maximum Gasteiger partial charge on any atom is 0.224 e. The summed E-state index contributed by atoms with van der Waals surface area (Å²) in [4.78, 5) is 11.5. The number of rotatable bonds is 5. The Kier molecular flexibility index (Phi) is 5.16. The average Bonchev–Trinajstić information content (AvgIpc) is 3.08. The first-order valence-corrected chi connectivity index (χ1v) is 8.66. The summed E-state index contributed by atoms with van der Waals surface area (Å²) in [6.07, 6.45) is 1.02. The first-order chi connectivity index (χ1) is 10.4. The molecule has 7 heteroatoms. The van der Waals surface area contributed by atoms with Crippen LogP contribution in [0.1, 0.15) is 18.0 Å². The van der Waals surface area contributed by atoms with Crippen LogP contribution in [0.3, 0.4) is 0 Å². The van der Waals surface area contributed by atoms with Crippen LogP contribution in [0.5, 0.6) is 0 Å². The van der Waals surface area contributed by atoms with E-state index in [4.69, 9.17) is 9.84 Å². The smallest absolute Gasteiger partial charge is 0.224 e. The molecule has 1 unspecified atom stereocenters. The van der Waals surface area contributed by atoms with Crippen molar-refractivity contribution >= 4 is 23.5 Å². The molecular weight excluding hydrogens is 288 g/mol. The molecule has 0 spiro atoms. The Bertz CT molecular complexity index is 462. The van der Waals surface area contributed by atoms with E-state index in [0.29, 0.717) is 18.4 Å². The standard InChI is InChI=1S/C14H22N4O2S/c19-5-2-15-14-16-12(11-1-6-20-10-11)9-13(17-14)18-3-7-21-8-4-18/h9,11,19H,1-8,10H2,(H,15,16,17). The van der Waals surface area contributed by atoms with Crippen molar-refractivity contribution in [1.29, 1.82) is 0 Å². The molecule has 0 aliphatic carbocycles. The summed E-state index contributed by atoms with van der Waals surface area (Å²) in [7, 11) is 0. The first kappa shape index (κ1) is 14.9. The van der Waals surface area contributed by atoms with Crippen molar-refractivity contribution < 1.29 is 9.84 Å². The van der Waals surface area contributed by atoms with Gasteiger partial charge in [0.1, 0.15) is 5.82 Å². The molecule has 116 valence electrons. The van der Waals surface area contributed by atoms with E-state index in [1.165, 1.54) is 0 Å². The third-order valence-corrected chi connectivity index (χ3v) is 4.75. The van der Waals surface area contributed by atoms with Crippen LogP contribution < -0.4 is 10.2 Å². The number of aromatic nitrogens is 2. The second-order valence-corrected chi connectivity index (χ2v) is 6.51. The Morgan fingerprint density at radius 1 is 1.38 bits per heavy atom. The Labute approximate surface area is 129 Å². The third kappa shape index (κ3) is 3.78. The monoisotopic (exact) mass is 310 g/mol. The van der Waals surface area contributed by atoms with Gasteiger partial charge in [0.05, 0.1) is 18.9 Å². The molecule has 2 aliphatic rings. The lowest BCUT2D eigenvalue weighted by molar-refractivity contribution is 0.193. The quantitative estimate of drug-likeness (QED) is 0.838. The topological polar surface area (TPSA) is 70.5 Å². The van der Waals surface area contributed by atoms with Gasteiger partial charge in [-0.1, -0.05) is 0 Å². The molecule has 0 aromatic carbocycles. The van der Waals surface area contributed by atoms with E-state index in [1.54, 1.807) is 0 Å². The van der Waals surface area contributed by atoms with E-state index in [9.17, 15) is 0 Å². The van der Waals surface area contributed by atoms with Gasteiger partial charge in [0, 0.05) is 49.7 Å². The zero-order valence-corrected chi connectivity index (χ0v) is 12.9. The molecule has 1 aromatic rings. The predicted molar refractivity (Wildman–Crippen MR) is 85.3 cm³/mol. The zero-order chi connectivity index (χ0) is 14.5. The molecule has 2 saturated heterocycles. The highest BCUT2D eigenvalue weighted by molar-refractivity contribution is 7.99. The summed E-state index contributed by atoms with van der Waals surface area (Å²) in [6, 6.07) is 2.11. The zero-order valence-electron chi connectivity index (χ0n) is 12.1. The lowest BCUT2D eigenvalue weighted by atomic mass is 10.0. The van der Waals surface area contributed by atoms with Crippen LogP contribution in [-0.2, 0) is 4.74 Å². The van der Waals surface area contributed by atoms with Gasteiger partial charge in [0.15, 0.2) is 0 Å². The largest absolute Gasteiger partial charge is 0.395 e. The van der Waals surface area contributed by atoms with Crippen LogP contribution in [-0.4, -0.2) is 66.0 Å². The van der Waals surface area contributed by atoms with Crippen molar-refractivity contribution in [3.63, 3.8) is 0 Å². The number of aliphatic hydroxyl groups excluding tert-OH is 1. The number of thioether (sulfide) groups is 1. The number of hydrogen-bond acceptors (Lipinski definition) is 7. The van der Waals surface area contributed by atoms with Gasteiger partial charge in [-0.05, 0) is 6.42 Å². The molecule has 0 amide bonds. The second kappa shape index (κ2) is 7.29. The van der Waals surface area contributed by atoms with E-state index in [2.05, 4.69) is 26.3 Å². The van der Waals surface area contributed by atoms with Crippen LogP contribution in [0.15, 0.2) is 6.07 Å². The molecule has 2 N–H and O–H groups in total. The summed E-state index contributed by atoms with van der Waals surface area (Å²) in [5.74, 6) is 4.26. The molecular formula is C14H22N4O2S. The van der Waals surface area contributed by atoms with Crippen molar-refractivity contribution in [1.82, 2.24) is 9.97 Å². The third-order valence-electron chi connectivity index (χ3n) is 3.81. The fourth-order valence-electron chi connectivity index (χ4n) is 2.63. The molecule has 2 aliphatic heterocycles. The van der Waals surface area contributed by atoms with Gasteiger partial charge >= 0.3 is 0 Å². The number of hydrogen-bond donors (Lipinski definition) is 2. The fraction of sp³-hybridized carbons (Fsp3) is 0.714. The van der Waals surface area contributed by atoms with Gasteiger partial charge in [-0.2, -0.15) is 16.7 Å². The molecule has 3 heterocycles. The van der Waals surface area contributed by atoms with Crippen LogP contribution in [0.25, 0.3) is 0 Å². The summed E-state index contributed by atoms with van der Waals surface area (Å²) in [5, 5.41) is 12.1. The van der Waals surface area contributed by atoms with Gasteiger partial charge in [0.2, 0.25) is 5.95 Å². The molecule has 21 heavy (non-hydrogen) atoms. The van der Waals surface area contributed by atoms with Crippen molar-refractivity contribution in [2.24, 2.45) is 0 Å². The van der Waals surface area contributed by atoms with Gasteiger partial charge < -0.3 is 20.1 Å². The molecule has 0 bridgehead atoms. The first-order valence-electron chi connectivity index (χ1n) is 7.51. The molecule has 6 nitrogen and oxygen atoms in total. The van der Waals surface area contributed by atoms with Crippen LogP contribution in [0.4, 0.5) is 11.8 Å². The molecule has 3 rings (SSSR count). The number of nitrogens with one attached hydrogen (secondary N) is 1. The van der Waals surface area contributed by atoms with E-state index in [0.717, 1.165) is 55.7 Å². The van der Waals surface area contributed by atoms with Gasteiger partial charge in [-0.3, -0.25) is 0 Å². The molecule has 1 aromatic heterocycles. The SMILES string of the molecule is OCCNc1nc(C2CCOC2)cc(N2CCSCC2)n1. The number of ether oxygens (including phenoxy) is 1. The normalized spacial score (nSPS) is 22.5. The van der Waals surface area contributed by atoms with Crippen molar-refractivity contribution in [2.75, 3.05) is 61.2 Å². The lowest BCUT2D eigenvalue weighted by Crippen LogP contribution is -2.33. The minimum atomic E-state index is 0.0792. The maximum absolute atomic E-state index is 8.98. The fourth-order valence-corrected chi connectivity index (χ4v) is 3.53. The number of aliphatic hydroxyl groups is 1. The lowest BCUT2D eigenvalue weighted by Gasteiger charge is -2.28. The highest BCUT2D eigenvalue weighted by Crippen LogP contribution is 2.28. The van der Waals surface area contributed by atoms with E-state index in [-0.39, 0.29) is 6.61 Å². The second-order valence-electron chi connectivity index (χ2n) is 5.28. The van der Waals surface area contributed by atoms with Crippen LogP contribution in [0, 0.1) is 0 Å². The maximum atomic E-state index is 8.98. The number of nitrogens with zero attached hydrogens (tertiary/aromatic N) is 3. The summed E-state index contributed by atoms with van der Waals surface area (Å²) < 4.78 is 5.48. The molecule has 1 atom stereocenters. The minimum Gasteiger partial charge on any atom is -0.395 e. The predicted octanol–water partition coefficient (Wildman–Crippen LogP) is 0.938. The van der Waals surface area contributed by atoms with E-state index in [1.807, 2.05) is 11.8 Å². The van der Waals surface area contributed by atoms with E-state index >= 15 is 0 Å². The average molecular weight is 310 g/mol. The van der Waals surface area contributed by atoms with Crippen LogP contribution >= 0.6 is 11.8 Å². The molecule has 2 fully saturated rings. The highest BCUT2D eigenvalue weighted by atomic mass is 32.2. The molecule has 0 radical (unpaired) electrons. The minimum absolute atomic E-state index is 0.0792. The van der Waals surface area contributed by atoms with Gasteiger partial charge in [-0.25, -0.2) is 4.98 Å². The number of anilines is 2.